The molecule has 19 heavy (non-hydrogen) atoms. The molecule has 0 N–H and O–H groups in total. The zero-order valence-electron chi connectivity index (χ0n) is 10.3. The smallest absolute Gasteiger partial charge is 0.224 e. The molecule has 2 heterocycles. The summed E-state index contributed by atoms with van der Waals surface area (Å²) in [6.07, 6.45) is 1.69. The van der Waals surface area contributed by atoms with Crippen LogP contribution in [-0.4, -0.2) is 30.1 Å². The summed E-state index contributed by atoms with van der Waals surface area (Å²) in [6, 6.07) is 8.27. The van der Waals surface area contributed by atoms with E-state index in [0.29, 0.717) is 0 Å². The Kier molecular flexibility index (Phi) is 3.33. The van der Waals surface area contributed by atoms with Crippen molar-refractivity contribution >= 4 is 44.7 Å². The van der Waals surface area contributed by atoms with Gasteiger partial charge in [-0.3, -0.25) is 0 Å². The molecule has 1 aliphatic rings. The lowest BCUT2D eigenvalue weighted by molar-refractivity contribution is 0.810. The predicted octanol–water partition coefficient (Wildman–Crippen LogP) is 3.48. The Morgan fingerprint density at radius 1 is 1.21 bits per heavy atom. The zero-order chi connectivity index (χ0) is 13.4. The van der Waals surface area contributed by atoms with Crippen LogP contribution < -0.4 is 9.80 Å². The summed E-state index contributed by atoms with van der Waals surface area (Å²) >= 11 is 9.41. The van der Waals surface area contributed by atoms with Gasteiger partial charge in [0.2, 0.25) is 5.28 Å². The molecule has 0 spiro atoms. The first-order valence-corrected chi connectivity index (χ1v) is 7.09. The van der Waals surface area contributed by atoms with E-state index in [9.17, 15) is 0 Å². The molecule has 0 fully saturated rings. The first kappa shape index (κ1) is 12.7. The van der Waals surface area contributed by atoms with E-state index in [2.05, 4.69) is 54.9 Å². The van der Waals surface area contributed by atoms with Crippen molar-refractivity contribution in [3.05, 3.63) is 40.2 Å². The summed E-state index contributed by atoms with van der Waals surface area (Å²) in [7, 11) is 2.10. The molecule has 0 aliphatic carbocycles. The van der Waals surface area contributed by atoms with Crippen molar-refractivity contribution in [2.75, 3.05) is 29.9 Å². The average Bonchev–Trinajstić information content (AvgIpc) is 2.43. The number of hydrogen-bond donors (Lipinski definition) is 0. The molecule has 3 rings (SSSR count). The van der Waals surface area contributed by atoms with E-state index >= 15 is 0 Å². The van der Waals surface area contributed by atoms with Crippen LogP contribution in [0.4, 0.5) is 17.2 Å². The Morgan fingerprint density at radius 2 is 1.95 bits per heavy atom. The Hall–Kier alpha value is -1.33. The molecule has 0 saturated carbocycles. The maximum atomic E-state index is 5.91. The lowest BCUT2D eigenvalue weighted by Gasteiger charge is -2.36. The Morgan fingerprint density at radius 3 is 2.74 bits per heavy atom. The second kappa shape index (κ2) is 4.98. The van der Waals surface area contributed by atoms with E-state index in [4.69, 9.17) is 11.6 Å². The molecule has 6 heteroatoms. The van der Waals surface area contributed by atoms with E-state index in [1.165, 1.54) is 5.69 Å². The van der Waals surface area contributed by atoms with Crippen LogP contribution in [0.1, 0.15) is 0 Å². The Balaban J connectivity index is 2.12. The van der Waals surface area contributed by atoms with Gasteiger partial charge in [0.1, 0.15) is 0 Å². The van der Waals surface area contributed by atoms with Crippen molar-refractivity contribution in [1.82, 2.24) is 9.97 Å². The van der Waals surface area contributed by atoms with Gasteiger partial charge in [-0.05, 0) is 39.7 Å². The molecule has 1 aromatic heterocycles. The number of halogens is 2. The van der Waals surface area contributed by atoms with Crippen LogP contribution in [0.15, 0.2) is 34.9 Å². The highest BCUT2D eigenvalue weighted by molar-refractivity contribution is 9.10. The third kappa shape index (κ3) is 2.28. The van der Waals surface area contributed by atoms with Gasteiger partial charge in [-0.1, -0.05) is 12.1 Å². The SMILES string of the molecule is CN1CCN(c2nc(Cl)ncc2Br)c2ccccc21. The number of aromatic nitrogens is 2. The standard InChI is InChI=1S/C13H12BrClN4/c1-18-6-7-19(11-5-3-2-4-10(11)18)12-9(14)8-16-13(15)17-12/h2-5,8H,6-7H2,1H3. The highest BCUT2D eigenvalue weighted by Crippen LogP contribution is 2.38. The van der Waals surface area contributed by atoms with Gasteiger partial charge in [0.25, 0.3) is 0 Å². The van der Waals surface area contributed by atoms with Crippen LogP contribution in [0.25, 0.3) is 0 Å². The van der Waals surface area contributed by atoms with Crippen molar-refractivity contribution < 1.29 is 0 Å². The van der Waals surface area contributed by atoms with Crippen LogP contribution in [0.3, 0.4) is 0 Å². The van der Waals surface area contributed by atoms with Gasteiger partial charge >= 0.3 is 0 Å². The lowest BCUT2D eigenvalue weighted by Crippen LogP contribution is -2.37. The highest BCUT2D eigenvalue weighted by atomic mass is 79.9. The van der Waals surface area contributed by atoms with Crippen LogP contribution >= 0.6 is 27.5 Å². The summed E-state index contributed by atoms with van der Waals surface area (Å²) < 4.78 is 0.844. The molecule has 4 nitrogen and oxygen atoms in total. The second-order valence-corrected chi connectivity index (χ2v) is 5.56. The van der Waals surface area contributed by atoms with Crippen molar-refractivity contribution in [2.24, 2.45) is 0 Å². The molecule has 0 saturated heterocycles. The second-order valence-electron chi connectivity index (χ2n) is 4.37. The Labute approximate surface area is 125 Å². The fourth-order valence-electron chi connectivity index (χ4n) is 2.25. The summed E-state index contributed by atoms with van der Waals surface area (Å²) in [4.78, 5) is 12.7. The molecule has 0 unspecified atom stereocenters. The van der Waals surface area contributed by atoms with Crippen molar-refractivity contribution in [1.29, 1.82) is 0 Å². The molecule has 98 valence electrons. The van der Waals surface area contributed by atoms with Gasteiger partial charge in [-0.2, -0.15) is 4.98 Å². The van der Waals surface area contributed by atoms with Crippen molar-refractivity contribution in [3.63, 3.8) is 0 Å². The quantitative estimate of drug-likeness (QED) is 0.745. The van der Waals surface area contributed by atoms with Crippen LogP contribution in [0.5, 0.6) is 0 Å². The van der Waals surface area contributed by atoms with Gasteiger partial charge in [0.05, 0.1) is 15.8 Å². The summed E-state index contributed by atoms with van der Waals surface area (Å²) in [5.41, 5.74) is 2.32. The maximum absolute atomic E-state index is 5.91. The number of likely N-dealkylation sites (N-methyl/N-ethyl adjacent to an activating group) is 1. The molecular formula is C13H12BrClN4. The van der Waals surface area contributed by atoms with Gasteiger partial charge in [0.15, 0.2) is 5.82 Å². The molecular weight excluding hydrogens is 328 g/mol. The summed E-state index contributed by atoms with van der Waals surface area (Å²) in [5.74, 6) is 0.806. The summed E-state index contributed by atoms with van der Waals surface area (Å²) in [6.45, 7) is 1.80. The largest absolute Gasteiger partial charge is 0.371 e. The summed E-state index contributed by atoms with van der Waals surface area (Å²) in [5, 5.41) is 0.259. The molecule has 1 aromatic carbocycles. The van der Waals surface area contributed by atoms with Crippen LogP contribution in [0.2, 0.25) is 5.28 Å². The van der Waals surface area contributed by atoms with Gasteiger partial charge in [0, 0.05) is 26.3 Å². The molecule has 0 atom stereocenters. The topological polar surface area (TPSA) is 32.3 Å². The van der Waals surface area contributed by atoms with Crippen molar-refractivity contribution in [3.8, 4) is 0 Å². The van der Waals surface area contributed by atoms with E-state index < -0.39 is 0 Å². The predicted molar refractivity (Wildman–Crippen MR) is 81.5 cm³/mol. The maximum Gasteiger partial charge on any atom is 0.224 e. The number of hydrogen-bond acceptors (Lipinski definition) is 4. The third-order valence-electron chi connectivity index (χ3n) is 3.19. The first-order chi connectivity index (χ1) is 9.16. The third-order valence-corrected chi connectivity index (χ3v) is 3.94. The molecule has 1 aliphatic heterocycles. The fourth-order valence-corrected chi connectivity index (χ4v) is 2.79. The average molecular weight is 340 g/mol. The van der Waals surface area contributed by atoms with Gasteiger partial charge in [-0.15, -0.1) is 0 Å². The molecule has 0 radical (unpaired) electrons. The zero-order valence-corrected chi connectivity index (χ0v) is 12.7. The van der Waals surface area contributed by atoms with Gasteiger partial charge < -0.3 is 9.80 Å². The number of para-hydroxylation sites is 2. The van der Waals surface area contributed by atoms with E-state index in [1.54, 1.807) is 6.20 Å². The normalized spacial score (nSPS) is 14.5. The van der Waals surface area contributed by atoms with Crippen LogP contribution in [0, 0.1) is 0 Å². The van der Waals surface area contributed by atoms with Crippen molar-refractivity contribution in [2.45, 2.75) is 0 Å². The highest BCUT2D eigenvalue weighted by Gasteiger charge is 2.23. The minimum atomic E-state index is 0.259. The molecule has 0 amide bonds. The first-order valence-electron chi connectivity index (χ1n) is 5.92. The number of fused-ring (bicyclic) bond motifs is 1. The number of benzene rings is 1. The minimum Gasteiger partial charge on any atom is -0.371 e. The van der Waals surface area contributed by atoms with E-state index in [-0.39, 0.29) is 5.28 Å². The molecule has 2 aromatic rings. The van der Waals surface area contributed by atoms with Gasteiger partial charge in [-0.25, -0.2) is 4.98 Å². The number of anilines is 3. The van der Waals surface area contributed by atoms with E-state index in [1.807, 2.05) is 12.1 Å². The Bertz CT molecular complexity index is 619. The van der Waals surface area contributed by atoms with E-state index in [0.717, 1.165) is 29.1 Å². The monoisotopic (exact) mass is 338 g/mol. The minimum absolute atomic E-state index is 0.259. The fraction of sp³-hybridized carbons (Fsp3) is 0.231. The van der Waals surface area contributed by atoms with Crippen LogP contribution in [-0.2, 0) is 0 Å². The number of rotatable bonds is 1. The number of nitrogens with zero attached hydrogens (tertiary/aromatic N) is 4. The lowest BCUT2D eigenvalue weighted by atomic mass is 10.2. The molecule has 0 bridgehead atoms.